The average Bonchev–Trinajstić information content (AvgIpc) is 2.97. The van der Waals surface area contributed by atoms with E-state index in [1.54, 1.807) is 0 Å². The Bertz CT molecular complexity index is 522. The molecule has 0 atom stereocenters. The second kappa shape index (κ2) is 6.96. The minimum atomic E-state index is -0.384. The van der Waals surface area contributed by atoms with Crippen LogP contribution in [-0.2, 0) is 20.8 Å². The summed E-state index contributed by atoms with van der Waals surface area (Å²) < 4.78 is 11.4. The van der Waals surface area contributed by atoms with Crippen molar-refractivity contribution in [3.8, 4) is 0 Å². The third-order valence-corrected chi connectivity index (χ3v) is 4.60. The summed E-state index contributed by atoms with van der Waals surface area (Å²) in [5.41, 5.74) is 0.933. The van der Waals surface area contributed by atoms with E-state index >= 15 is 0 Å². The van der Waals surface area contributed by atoms with E-state index < -0.39 is 0 Å². The Morgan fingerprint density at radius 1 is 1.23 bits per heavy atom. The van der Waals surface area contributed by atoms with Crippen molar-refractivity contribution in [2.45, 2.75) is 25.2 Å². The van der Waals surface area contributed by atoms with Crippen molar-refractivity contribution in [3.05, 3.63) is 34.9 Å². The first-order chi connectivity index (χ1) is 10.7. The summed E-state index contributed by atoms with van der Waals surface area (Å²) >= 11 is 6.08. The summed E-state index contributed by atoms with van der Waals surface area (Å²) in [6.07, 6.45) is 1.65. The van der Waals surface area contributed by atoms with Crippen LogP contribution in [0, 0.1) is 0 Å². The van der Waals surface area contributed by atoms with E-state index in [-0.39, 0.29) is 11.7 Å². The Kier molecular flexibility index (Phi) is 4.98. The van der Waals surface area contributed by atoms with Gasteiger partial charge < -0.3 is 14.8 Å². The maximum absolute atomic E-state index is 12.1. The minimum absolute atomic E-state index is 0.0177. The number of likely N-dealkylation sites (tertiary alicyclic amines) is 1. The lowest BCUT2D eigenvalue weighted by atomic mass is 10.0. The second-order valence-electron chi connectivity index (χ2n) is 5.75. The molecule has 120 valence electrons. The van der Waals surface area contributed by atoms with Gasteiger partial charge in [-0.1, -0.05) is 29.8 Å². The molecule has 2 saturated heterocycles. The van der Waals surface area contributed by atoms with Gasteiger partial charge in [-0.3, -0.25) is 9.69 Å². The topological polar surface area (TPSA) is 50.8 Å². The van der Waals surface area contributed by atoms with Crippen molar-refractivity contribution in [2.75, 3.05) is 32.8 Å². The van der Waals surface area contributed by atoms with E-state index in [4.69, 9.17) is 21.1 Å². The van der Waals surface area contributed by atoms with Crippen LogP contribution in [0.15, 0.2) is 24.3 Å². The van der Waals surface area contributed by atoms with Crippen molar-refractivity contribution >= 4 is 17.5 Å². The third-order valence-electron chi connectivity index (χ3n) is 4.23. The maximum atomic E-state index is 12.1. The number of rotatable bonds is 4. The van der Waals surface area contributed by atoms with Crippen LogP contribution >= 0.6 is 11.6 Å². The molecule has 22 heavy (non-hydrogen) atoms. The Hall–Kier alpha value is -1.14. The molecule has 0 unspecified atom stereocenters. The molecule has 1 spiro atoms. The zero-order chi connectivity index (χ0) is 15.4. The summed E-state index contributed by atoms with van der Waals surface area (Å²) in [4.78, 5) is 14.2. The van der Waals surface area contributed by atoms with Gasteiger partial charge in [0.2, 0.25) is 5.91 Å². The third kappa shape index (κ3) is 3.79. The summed E-state index contributed by atoms with van der Waals surface area (Å²) in [6.45, 7) is 3.86. The molecule has 0 aliphatic carbocycles. The van der Waals surface area contributed by atoms with Crippen LogP contribution in [0.5, 0.6) is 0 Å². The molecule has 0 bridgehead atoms. The lowest BCUT2D eigenvalue weighted by Gasteiger charge is -2.37. The fourth-order valence-electron chi connectivity index (χ4n) is 2.93. The van der Waals surface area contributed by atoms with Crippen LogP contribution in [0.2, 0.25) is 5.02 Å². The highest BCUT2D eigenvalue weighted by Crippen LogP contribution is 2.30. The second-order valence-corrected chi connectivity index (χ2v) is 6.16. The molecule has 2 fully saturated rings. The van der Waals surface area contributed by atoms with E-state index in [0.29, 0.717) is 31.3 Å². The molecule has 1 amide bonds. The number of benzene rings is 1. The Morgan fingerprint density at radius 3 is 2.59 bits per heavy atom. The van der Waals surface area contributed by atoms with Crippen LogP contribution in [0.3, 0.4) is 0 Å². The maximum Gasteiger partial charge on any atom is 0.234 e. The predicted octanol–water partition coefficient (Wildman–Crippen LogP) is 1.80. The number of nitrogens with zero attached hydrogens (tertiary/aromatic N) is 1. The number of piperidine rings is 1. The molecular weight excluding hydrogens is 304 g/mol. The lowest BCUT2D eigenvalue weighted by Crippen LogP contribution is -2.48. The number of hydrogen-bond donors (Lipinski definition) is 1. The summed E-state index contributed by atoms with van der Waals surface area (Å²) in [6, 6.07) is 7.54. The Labute approximate surface area is 135 Å². The molecule has 2 aliphatic heterocycles. The van der Waals surface area contributed by atoms with Gasteiger partial charge >= 0.3 is 0 Å². The van der Waals surface area contributed by atoms with Crippen LogP contribution < -0.4 is 5.32 Å². The van der Waals surface area contributed by atoms with Crippen LogP contribution in [0.25, 0.3) is 0 Å². The largest absolute Gasteiger partial charge is 0.351 e. The van der Waals surface area contributed by atoms with Gasteiger partial charge in [0.05, 0.1) is 19.8 Å². The number of amides is 1. The van der Waals surface area contributed by atoms with Gasteiger partial charge in [-0.2, -0.15) is 0 Å². The molecule has 1 aromatic carbocycles. The first-order valence-electron chi connectivity index (χ1n) is 7.67. The number of nitrogens with one attached hydrogen (secondary N) is 1. The predicted molar refractivity (Wildman–Crippen MR) is 83.6 cm³/mol. The van der Waals surface area contributed by atoms with Crippen molar-refractivity contribution < 1.29 is 14.3 Å². The first-order valence-corrected chi connectivity index (χ1v) is 8.05. The Balaban J connectivity index is 1.42. The van der Waals surface area contributed by atoms with Gasteiger partial charge in [0.15, 0.2) is 5.79 Å². The monoisotopic (exact) mass is 324 g/mol. The van der Waals surface area contributed by atoms with Crippen molar-refractivity contribution in [1.29, 1.82) is 0 Å². The molecule has 6 heteroatoms. The summed E-state index contributed by atoms with van der Waals surface area (Å²) in [5.74, 6) is -0.367. The Morgan fingerprint density at radius 2 is 1.91 bits per heavy atom. The minimum Gasteiger partial charge on any atom is -0.351 e. The fraction of sp³-hybridized carbons (Fsp3) is 0.562. The number of halogens is 1. The normalized spacial score (nSPS) is 21.1. The number of ether oxygens (including phenoxy) is 2. The molecule has 3 rings (SSSR count). The molecule has 0 aromatic heterocycles. The number of carbonyl (C=O) groups excluding carboxylic acids is 1. The van der Waals surface area contributed by atoms with E-state index in [9.17, 15) is 4.79 Å². The number of hydrogen-bond acceptors (Lipinski definition) is 4. The molecule has 2 heterocycles. The van der Waals surface area contributed by atoms with Gasteiger partial charge in [-0.15, -0.1) is 0 Å². The van der Waals surface area contributed by atoms with E-state index in [0.717, 1.165) is 31.5 Å². The van der Waals surface area contributed by atoms with Gasteiger partial charge in [0.1, 0.15) is 0 Å². The van der Waals surface area contributed by atoms with Crippen molar-refractivity contribution in [2.24, 2.45) is 0 Å². The SMILES string of the molecule is O=C(CN1CCC2(CC1)OCCO2)NCc1ccccc1Cl. The highest BCUT2D eigenvalue weighted by molar-refractivity contribution is 6.31. The van der Waals surface area contributed by atoms with Crippen molar-refractivity contribution in [3.63, 3.8) is 0 Å². The van der Waals surface area contributed by atoms with Gasteiger partial charge in [0, 0.05) is 37.5 Å². The van der Waals surface area contributed by atoms with E-state index in [2.05, 4.69) is 10.2 Å². The van der Waals surface area contributed by atoms with Crippen LogP contribution in [0.4, 0.5) is 0 Å². The summed E-state index contributed by atoms with van der Waals surface area (Å²) in [5, 5.41) is 3.60. The molecule has 0 saturated carbocycles. The quantitative estimate of drug-likeness (QED) is 0.917. The molecule has 0 radical (unpaired) electrons. The van der Waals surface area contributed by atoms with Crippen LogP contribution in [-0.4, -0.2) is 49.4 Å². The summed E-state index contributed by atoms with van der Waals surface area (Å²) in [7, 11) is 0. The molecule has 1 aromatic rings. The number of carbonyl (C=O) groups is 1. The molecular formula is C16H21ClN2O3. The molecule has 5 nitrogen and oxygen atoms in total. The van der Waals surface area contributed by atoms with Crippen LogP contribution in [0.1, 0.15) is 18.4 Å². The highest BCUT2D eigenvalue weighted by atomic mass is 35.5. The van der Waals surface area contributed by atoms with Gasteiger partial charge in [-0.25, -0.2) is 0 Å². The average molecular weight is 325 g/mol. The van der Waals surface area contributed by atoms with Gasteiger partial charge in [-0.05, 0) is 11.6 Å². The van der Waals surface area contributed by atoms with Gasteiger partial charge in [0.25, 0.3) is 0 Å². The van der Waals surface area contributed by atoms with Crippen molar-refractivity contribution in [1.82, 2.24) is 10.2 Å². The first kappa shape index (κ1) is 15.7. The lowest BCUT2D eigenvalue weighted by molar-refractivity contribution is -0.185. The molecule has 2 aliphatic rings. The zero-order valence-corrected chi connectivity index (χ0v) is 13.3. The fourth-order valence-corrected chi connectivity index (χ4v) is 3.13. The molecule has 1 N–H and O–H groups in total. The highest BCUT2D eigenvalue weighted by Gasteiger charge is 2.39. The van der Waals surface area contributed by atoms with E-state index in [1.807, 2.05) is 24.3 Å². The van der Waals surface area contributed by atoms with E-state index in [1.165, 1.54) is 0 Å². The zero-order valence-electron chi connectivity index (χ0n) is 12.5. The standard InChI is InChI=1S/C16H21ClN2O3/c17-14-4-2-1-3-13(14)11-18-15(20)12-19-7-5-16(6-8-19)21-9-10-22-16/h1-4H,5-12H2,(H,18,20). The smallest absolute Gasteiger partial charge is 0.234 e.